The van der Waals surface area contributed by atoms with Crippen LogP contribution in [0, 0.1) is 11.8 Å². The zero-order valence-electron chi connectivity index (χ0n) is 13.7. The van der Waals surface area contributed by atoms with Crippen LogP contribution < -0.4 is 18.9 Å². The second-order valence-electron chi connectivity index (χ2n) is 7.18. The molecule has 1 aliphatic carbocycles. The summed E-state index contributed by atoms with van der Waals surface area (Å²) in [7, 11) is 0. The molecule has 3 heterocycles. The smallest absolute Gasteiger partial charge is 0.231 e. The van der Waals surface area contributed by atoms with E-state index in [0.717, 1.165) is 42.4 Å². The number of rotatable bonds is 2. The minimum atomic E-state index is 0.133. The molecule has 1 fully saturated rings. The van der Waals surface area contributed by atoms with Gasteiger partial charge >= 0.3 is 0 Å². The molecule has 5 nitrogen and oxygen atoms in total. The summed E-state index contributed by atoms with van der Waals surface area (Å²) in [4.78, 5) is 0. The lowest BCUT2D eigenvalue weighted by molar-refractivity contribution is 0.0906. The summed E-state index contributed by atoms with van der Waals surface area (Å²) in [5.74, 6) is 4.42. The molecule has 2 aromatic carbocycles. The second kappa shape index (κ2) is 5.05. The predicted molar refractivity (Wildman–Crippen MR) is 88.2 cm³/mol. The van der Waals surface area contributed by atoms with Gasteiger partial charge in [0.25, 0.3) is 0 Å². The van der Waals surface area contributed by atoms with Crippen molar-refractivity contribution in [2.75, 3.05) is 20.2 Å². The van der Waals surface area contributed by atoms with Crippen molar-refractivity contribution in [2.45, 2.75) is 18.9 Å². The molecular formula is C20H18O5. The van der Waals surface area contributed by atoms with Crippen LogP contribution in [0.15, 0.2) is 30.3 Å². The van der Waals surface area contributed by atoms with E-state index < -0.39 is 0 Å². The monoisotopic (exact) mass is 338 g/mol. The van der Waals surface area contributed by atoms with Crippen LogP contribution in [-0.4, -0.2) is 20.2 Å². The number of fused-ring (bicyclic) bond motifs is 6. The van der Waals surface area contributed by atoms with Crippen molar-refractivity contribution in [3.8, 4) is 23.0 Å². The van der Waals surface area contributed by atoms with E-state index in [1.807, 2.05) is 6.07 Å². The average Bonchev–Trinajstić information content (AvgIpc) is 3.32. The maximum Gasteiger partial charge on any atom is 0.231 e. The first-order valence-electron chi connectivity index (χ1n) is 8.78. The third-order valence-corrected chi connectivity index (χ3v) is 5.82. The van der Waals surface area contributed by atoms with E-state index in [4.69, 9.17) is 23.7 Å². The van der Waals surface area contributed by atoms with Crippen LogP contribution in [0.25, 0.3) is 0 Å². The molecular weight excluding hydrogens is 320 g/mol. The quantitative estimate of drug-likeness (QED) is 0.841. The Kier molecular flexibility index (Phi) is 2.80. The van der Waals surface area contributed by atoms with E-state index in [1.165, 1.54) is 16.7 Å². The third kappa shape index (κ3) is 2.05. The predicted octanol–water partition coefficient (Wildman–Crippen LogP) is 3.25. The molecule has 25 heavy (non-hydrogen) atoms. The SMILES string of the molecule is c1cc2c(cc1C[C@@H]1[C@@H]3CO[C@H]1c1cc4c(cc1C3)OCO4)OCO2. The van der Waals surface area contributed by atoms with E-state index in [-0.39, 0.29) is 6.10 Å². The highest BCUT2D eigenvalue weighted by Crippen LogP contribution is 2.51. The molecule has 4 aliphatic rings. The Bertz CT molecular complexity index is 861. The summed E-state index contributed by atoms with van der Waals surface area (Å²) in [6.45, 7) is 1.45. The first-order chi connectivity index (χ1) is 12.3. The fraction of sp³-hybridized carbons (Fsp3) is 0.400. The Morgan fingerprint density at radius 2 is 1.60 bits per heavy atom. The average molecular weight is 338 g/mol. The molecule has 3 aliphatic heterocycles. The van der Waals surface area contributed by atoms with Gasteiger partial charge in [-0.2, -0.15) is 0 Å². The standard InChI is InChI=1S/C20H18O5/c1-2-16-17(23-9-22-16)4-11(1)3-14-13-5-12-6-18-19(25-10-24-18)7-15(12)20(14)21-8-13/h1-2,4,6-7,13-14,20H,3,5,8-10H2/t13-,14+,20+/m0/s1. The highest BCUT2D eigenvalue weighted by molar-refractivity contribution is 5.51. The van der Waals surface area contributed by atoms with Crippen molar-refractivity contribution < 1.29 is 23.7 Å². The Hall–Kier alpha value is -2.40. The van der Waals surface area contributed by atoms with Gasteiger partial charge < -0.3 is 23.7 Å². The van der Waals surface area contributed by atoms with Crippen LogP contribution in [0.5, 0.6) is 23.0 Å². The van der Waals surface area contributed by atoms with Gasteiger partial charge in [-0.25, -0.2) is 0 Å². The Balaban J connectivity index is 1.33. The molecule has 2 aromatic rings. The van der Waals surface area contributed by atoms with Gasteiger partial charge in [-0.15, -0.1) is 0 Å². The van der Waals surface area contributed by atoms with Crippen molar-refractivity contribution in [3.05, 3.63) is 47.0 Å². The van der Waals surface area contributed by atoms with E-state index in [1.54, 1.807) is 0 Å². The first kappa shape index (κ1) is 13.8. The van der Waals surface area contributed by atoms with Gasteiger partial charge in [0, 0.05) is 0 Å². The molecule has 0 aromatic heterocycles. The van der Waals surface area contributed by atoms with E-state index in [9.17, 15) is 0 Å². The molecule has 6 rings (SSSR count). The van der Waals surface area contributed by atoms with E-state index in [0.29, 0.717) is 25.4 Å². The molecule has 0 spiro atoms. The van der Waals surface area contributed by atoms with E-state index >= 15 is 0 Å². The van der Waals surface area contributed by atoms with Crippen molar-refractivity contribution in [1.29, 1.82) is 0 Å². The minimum Gasteiger partial charge on any atom is -0.454 e. The number of ether oxygens (including phenoxy) is 5. The first-order valence-corrected chi connectivity index (χ1v) is 8.78. The molecule has 0 N–H and O–H groups in total. The maximum atomic E-state index is 6.19. The summed E-state index contributed by atoms with van der Waals surface area (Å²) in [5, 5.41) is 0. The zero-order valence-corrected chi connectivity index (χ0v) is 13.7. The number of hydrogen-bond acceptors (Lipinski definition) is 5. The lowest BCUT2D eigenvalue weighted by Crippen LogP contribution is -2.25. The van der Waals surface area contributed by atoms with E-state index in [2.05, 4.69) is 24.3 Å². The van der Waals surface area contributed by atoms with Crippen molar-refractivity contribution in [3.63, 3.8) is 0 Å². The van der Waals surface area contributed by atoms with Crippen LogP contribution in [-0.2, 0) is 17.6 Å². The molecule has 0 saturated carbocycles. The number of hydrogen-bond donors (Lipinski definition) is 0. The molecule has 128 valence electrons. The molecule has 3 atom stereocenters. The van der Waals surface area contributed by atoms with Crippen molar-refractivity contribution >= 4 is 0 Å². The van der Waals surface area contributed by atoms with Gasteiger partial charge in [0.05, 0.1) is 12.7 Å². The zero-order chi connectivity index (χ0) is 16.4. The fourth-order valence-corrected chi connectivity index (χ4v) is 4.59. The summed E-state index contributed by atoms with van der Waals surface area (Å²) >= 11 is 0. The van der Waals surface area contributed by atoms with Gasteiger partial charge in [0.1, 0.15) is 0 Å². The minimum absolute atomic E-state index is 0.133. The Morgan fingerprint density at radius 3 is 2.48 bits per heavy atom. The molecule has 0 radical (unpaired) electrons. The topological polar surface area (TPSA) is 46.2 Å². The summed E-state index contributed by atoms with van der Waals surface area (Å²) in [6, 6.07) is 10.5. The van der Waals surface area contributed by atoms with Gasteiger partial charge in [0.15, 0.2) is 23.0 Å². The van der Waals surface area contributed by atoms with Crippen molar-refractivity contribution in [2.24, 2.45) is 11.8 Å². The highest BCUT2D eigenvalue weighted by atomic mass is 16.7. The summed E-state index contributed by atoms with van der Waals surface area (Å²) < 4.78 is 28.2. The van der Waals surface area contributed by atoms with Crippen LogP contribution in [0.2, 0.25) is 0 Å². The van der Waals surface area contributed by atoms with Crippen LogP contribution >= 0.6 is 0 Å². The molecule has 0 unspecified atom stereocenters. The third-order valence-electron chi connectivity index (χ3n) is 5.82. The molecule has 0 amide bonds. The Labute approximate surface area is 145 Å². The molecule has 2 bridgehead atoms. The molecule has 5 heteroatoms. The van der Waals surface area contributed by atoms with Gasteiger partial charge in [-0.1, -0.05) is 6.07 Å². The van der Waals surface area contributed by atoms with Gasteiger partial charge in [-0.3, -0.25) is 0 Å². The van der Waals surface area contributed by atoms with Gasteiger partial charge in [-0.05, 0) is 65.6 Å². The molecule has 1 saturated heterocycles. The number of benzene rings is 2. The Morgan fingerprint density at radius 1 is 0.840 bits per heavy atom. The van der Waals surface area contributed by atoms with Crippen LogP contribution in [0.1, 0.15) is 22.8 Å². The summed E-state index contributed by atoms with van der Waals surface area (Å²) in [6.07, 6.45) is 2.16. The largest absolute Gasteiger partial charge is 0.454 e. The lowest BCUT2D eigenvalue weighted by atomic mass is 9.73. The van der Waals surface area contributed by atoms with Crippen LogP contribution in [0.4, 0.5) is 0 Å². The second-order valence-corrected chi connectivity index (χ2v) is 7.18. The highest BCUT2D eigenvalue weighted by Gasteiger charge is 2.44. The van der Waals surface area contributed by atoms with Crippen molar-refractivity contribution in [1.82, 2.24) is 0 Å². The lowest BCUT2D eigenvalue weighted by Gasteiger charge is -2.30. The summed E-state index contributed by atoms with van der Waals surface area (Å²) in [5.41, 5.74) is 3.89. The van der Waals surface area contributed by atoms with Gasteiger partial charge in [0.2, 0.25) is 13.6 Å². The maximum absolute atomic E-state index is 6.19. The van der Waals surface area contributed by atoms with Crippen LogP contribution in [0.3, 0.4) is 0 Å². The normalized spacial score (nSPS) is 27.4. The fourth-order valence-electron chi connectivity index (χ4n) is 4.59.